The molecule has 5 heavy (non-hydrogen) atoms. The molecule has 0 aliphatic rings. The molecule has 0 fully saturated rings. The van der Waals surface area contributed by atoms with Gasteiger partial charge < -0.3 is 0 Å². The third-order valence-corrected chi connectivity index (χ3v) is 0. The van der Waals surface area contributed by atoms with Crippen molar-refractivity contribution < 1.29 is 25.2 Å². The number of hydrogen-bond acceptors (Lipinski definition) is 3. The average molecular weight is 130 g/mol. The number of rotatable bonds is 0. The van der Waals surface area contributed by atoms with Crippen LogP contribution in [0.15, 0.2) is 0 Å². The van der Waals surface area contributed by atoms with Crippen molar-refractivity contribution in [2.24, 2.45) is 0 Å². The summed E-state index contributed by atoms with van der Waals surface area (Å²) in [6.45, 7) is 0. The molecule has 0 aliphatic heterocycles. The van der Waals surface area contributed by atoms with Crippen LogP contribution in [-0.2, 0) is 25.2 Å². The topological polar surface area (TPSA) is 51.2 Å². The maximum atomic E-state index is 8.50. The third-order valence-electron chi connectivity index (χ3n) is 0. The molecule has 30 valence electrons. The molecule has 0 bridgehead atoms. The molecule has 0 aromatic rings. The van der Waals surface area contributed by atoms with Crippen LogP contribution in [0.4, 0.5) is 0 Å². The van der Waals surface area contributed by atoms with Gasteiger partial charge in [0, 0.05) is 0 Å². The van der Waals surface area contributed by atoms with Crippen molar-refractivity contribution in [3.8, 4) is 0 Å². The molecule has 0 heterocycles. The van der Waals surface area contributed by atoms with Crippen molar-refractivity contribution in [3.63, 3.8) is 0 Å². The van der Waals surface area contributed by atoms with E-state index in [2.05, 4.69) is 0 Å². The standard InChI is InChI=1S/Fe.Mg.3O.2H. The van der Waals surface area contributed by atoms with E-state index in [1.165, 1.54) is 0 Å². The van der Waals surface area contributed by atoms with E-state index in [4.69, 9.17) is 11.5 Å². The van der Waals surface area contributed by atoms with Gasteiger partial charge in [0.05, 0.1) is 0 Å². The van der Waals surface area contributed by atoms with E-state index in [0.29, 0.717) is 0 Å². The molecule has 0 spiro atoms. The van der Waals surface area contributed by atoms with Gasteiger partial charge in [-0.2, -0.15) is 0 Å². The van der Waals surface area contributed by atoms with Crippen molar-refractivity contribution >= 4 is 23.1 Å². The summed E-state index contributed by atoms with van der Waals surface area (Å²) < 4.78 is 25.5. The second-order valence-electron chi connectivity index (χ2n) is 0.177. The summed E-state index contributed by atoms with van der Waals surface area (Å²) in [7, 11) is 0. The van der Waals surface area contributed by atoms with Crippen LogP contribution in [0.2, 0.25) is 0 Å². The Morgan fingerprint density at radius 3 is 1.00 bits per heavy atom. The minimum atomic E-state index is -3.50. The molecular formula is H2FeMgO3. The molecule has 0 saturated carbocycles. The zero-order valence-corrected chi connectivity index (χ0v) is 2.68. The summed E-state index contributed by atoms with van der Waals surface area (Å²) in [5.41, 5.74) is 0. The summed E-state index contributed by atoms with van der Waals surface area (Å²) >= 11 is -3.50. The molecule has 0 radical (unpaired) electrons. The van der Waals surface area contributed by atoms with E-state index < -0.39 is 13.7 Å². The van der Waals surface area contributed by atoms with Gasteiger partial charge in [0.1, 0.15) is 0 Å². The van der Waals surface area contributed by atoms with Crippen molar-refractivity contribution in [1.82, 2.24) is 0 Å². The van der Waals surface area contributed by atoms with Gasteiger partial charge in [-0.3, -0.25) is 0 Å². The van der Waals surface area contributed by atoms with E-state index in [9.17, 15) is 0 Å². The summed E-state index contributed by atoms with van der Waals surface area (Å²) in [4.78, 5) is 0. The second-order valence-corrected chi connectivity index (χ2v) is 0.729. The molecule has 0 aromatic carbocycles. The van der Waals surface area contributed by atoms with E-state index in [0.717, 1.165) is 0 Å². The van der Waals surface area contributed by atoms with Crippen LogP contribution >= 0.6 is 0 Å². The Morgan fingerprint density at radius 2 is 1.00 bits per heavy atom. The van der Waals surface area contributed by atoms with Crippen LogP contribution in [0.3, 0.4) is 0 Å². The molecule has 0 N–H and O–H groups in total. The van der Waals surface area contributed by atoms with Gasteiger partial charge in [-0.1, -0.05) is 0 Å². The van der Waals surface area contributed by atoms with E-state index >= 15 is 0 Å². The van der Waals surface area contributed by atoms with E-state index in [1.54, 1.807) is 0 Å². The first-order valence-corrected chi connectivity index (χ1v) is 1.79. The third kappa shape index (κ3) is 71.9. The summed E-state index contributed by atoms with van der Waals surface area (Å²) in [6, 6.07) is 0. The van der Waals surface area contributed by atoms with Crippen molar-refractivity contribution in [1.29, 1.82) is 0 Å². The van der Waals surface area contributed by atoms with Crippen LogP contribution in [0.1, 0.15) is 0 Å². The van der Waals surface area contributed by atoms with Gasteiger partial charge >= 0.3 is 48.3 Å². The Labute approximate surface area is 48.4 Å². The summed E-state index contributed by atoms with van der Waals surface area (Å²) in [6.07, 6.45) is 0. The molecule has 0 saturated heterocycles. The normalized spacial score (nSPS) is 6.60. The van der Waals surface area contributed by atoms with Gasteiger partial charge in [-0.15, -0.1) is 0 Å². The fourth-order valence-electron chi connectivity index (χ4n) is 0. The molecule has 5 heteroatoms. The first kappa shape index (κ1) is 9.19. The average Bonchev–Trinajstić information content (AvgIpc) is 0.811. The predicted molar refractivity (Wildman–Crippen MR) is 10.6 cm³/mol. The molecule has 0 aromatic heterocycles. The molecule has 0 rings (SSSR count). The molecule has 0 amide bonds. The zero-order chi connectivity index (χ0) is 3.58. The molecule has 0 unspecified atom stereocenters. The van der Waals surface area contributed by atoms with Crippen LogP contribution in [-0.4, -0.2) is 23.1 Å². The zero-order valence-electron chi connectivity index (χ0n) is 1.58. The molecule has 0 atom stereocenters. The van der Waals surface area contributed by atoms with Crippen LogP contribution < -0.4 is 0 Å². The first-order chi connectivity index (χ1) is 1.73. The Morgan fingerprint density at radius 1 is 1.00 bits per heavy atom. The summed E-state index contributed by atoms with van der Waals surface area (Å²) in [5.74, 6) is 0. The van der Waals surface area contributed by atoms with Crippen LogP contribution in [0.25, 0.3) is 0 Å². The molecule has 3 nitrogen and oxygen atoms in total. The van der Waals surface area contributed by atoms with Gasteiger partial charge in [-0.25, -0.2) is 0 Å². The first-order valence-electron chi connectivity index (χ1n) is 0.433. The van der Waals surface area contributed by atoms with Crippen molar-refractivity contribution in [2.75, 3.05) is 0 Å². The Balaban J connectivity index is 0. The number of hydrogen-bond donors (Lipinski definition) is 0. The van der Waals surface area contributed by atoms with Gasteiger partial charge in [0.2, 0.25) is 0 Å². The summed E-state index contributed by atoms with van der Waals surface area (Å²) in [5, 5.41) is 0. The molecule has 0 aliphatic carbocycles. The molecular weight excluding hydrogens is 128 g/mol. The fraction of sp³-hybridized carbons (Fsp3) is 0. The van der Waals surface area contributed by atoms with E-state index in [1.807, 2.05) is 0 Å². The van der Waals surface area contributed by atoms with Crippen molar-refractivity contribution in [2.45, 2.75) is 0 Å². The quantitative estimate of drug-likeness (QED) is 0.384. The van der Waals surface area contributed by atoms with Gasteiger partial charge in [0.15, 0.2) is 0 Å². The second kappa shape index (κ2) is 4.69. The predicted octanol–water partition coefficient (Wildman–Crippen LogP) is -1.28. The van der Waals surface area contributed by atoms with Gasteiger partial charge in [-0.05, 0) is 0 Å². The monoisotopic (exact) mass is 130 g/mol. The van der Waals surface area contributed by atoms with Gasteiger partial charge in [0.25, 0.3) is 0 Å². The Bertz CT molecular complexity index is 76.3. The Kier molecular flexibility index (Phi) is 8.61. The van der Waals surface area contributed by atoms with Crippen LogP contribution in [0, 0.1) is 0 Å². The Hall–Kier alpha value is 0.686. The minimum absolute atomic E-state index is 0. The van der Waals surface area contributed by atoms with E-state index in [-0.39, 0.29) is 23.1 Å². The fourth-order valence-corrected chi connectivity index (χ4v) is 0. The van der Waals surface area contributed by atoms with Crippen molar-refractivity contribution in [3.05, 3.63) is 0 Å². The maximum absolute atomic E-state index is 8.50. The SMILES string of the molecule is [MgH2].[O]=[Fe](=[O])=[O]. The van der Waals surface area contributed by atoms with Crippen LogP contribution in [0.5, 0.6) is 0 Å².